The summed E-state index contributed by atoms with van der Waals surface area (Å²) < 4.78 is 0. The van der Waals surface area contributed by atoms with Crippen molar-refractivity contribution in [3.63, 3.8) is 0 Å². The highest BCUT2D eigenvalue weighted by atomic mass is 16.3. The lowest BCUT2D eigenvalue weighted by atomic mass is 9.89. The molecule has 0 atom stereocenters. The maximum Gasteiger partial charge on any atom is 0.286 e. The summed E-state index contributed by atoms with van der Waals surface area (Å²) in [5.74, 6) is -0.619. The quantitative estimate of drug-likeness (QED) is 0.756. The molecule has 0 bridgehead atoms. The fourth-order valence-electron chi connectivity index (χ4n) is 2.70. The number of nitrogens with zero attached hydrogens (tertiary/aromatic N) is 1. The Morgan fingerprint density at radius 2 is 2.09 bits per heavy atom. The van der Waals surface area contributed by atoms with E-state index in [0.717, 1.165) is 24.0 Å². The second-order valence-electron chi connectivity index (χ2n) is 5.55. The molecule has 1 aliphatic carbocycles. The van der Waals surface area contributed by atoms with Crippen LogP contribution in [0.3, 0.4) is 0 Å². The Morgan fingerprint density at radius 3 is 2.87 bits per heavy atom. The van der Waals surface area contributed by atoms with E-state index in [9.17, 15) is 19.6 Å². The summed E-state index contributed by atoms with van der Waals surface area (Å²) in [7, 11) is 0. The molecule has 1 aromatic carbocycles. The molecule has 0 aliphatic heterocycles. The summed E-state index contributed by atoms with van der Waals surface area (Å²) >= 11 is 0. The number of benzene rings is 1. The first-order chi connectivity index (χ1) is 11.1. The molecule has 0 radical (unpaired) electrons. The minimum absolute atomic E-state index is 0.00866. The second kappa shape index (κ2) is 8.22. The maximum absolute atomic E-state index is 11.7. The van der Waals surface area contributed by atoms with Gasteiger partial charge in [-0.2, -0.15) is 0 Å². The van der Waals surface area contributed by atoms with Crippen molar-refractivity contribution < 1.29 is 14.7 Å². The van der Waals surface area contributed by atoms with Gasteiger partial charge in [0.2, 0.25) is 5.91 Å². The van der Waals surface area contributed by atoms with Gasteiger partial charge in [-0.1, -0.05) is 12.1 Å². The third kappa shape index (κ3) is 5.02. The fraction of sp³-hybridized carbons (Fsp3) is 0.412. The largest absolute Gasteiger partial charge is 0.508 e. The van der Waals surface area contributed by atoms with E-state index in [1.807, 2.05) is 6.07 Å². The molecule has 6 nitrogen and oxygen atoms in total. The topological polar surface area (TPSA) is 95.8 Å². The van der Waals surface area contributed by atoms with Gasteiger partial charge in [-0.25, -0.2) is 0 Å². The van der Waals surface area contributed by atoms with Crippen molar-refractivity contribution in [3.05, 3.63) is 40.3 Å². The molecule has 0 spiro atoms. The Hall–Kier alpha value is -2.50. The van der Waals surface area contributed by atoms with Crippen LogP contribution in [0.5, 0.6) is 5.75 Å². The van der Waals surface area contributed by atoms with Crippen LogP contribution in [0.4, 0.5) is 0 Å². The van der Waals surface area contributed by atoms with Gasteiger partial charge in [0.15, 0.2) is 0 Å². The Balaban J connectivity index is 1.77. The summed E-state index contributed by atoms with van der Waals surface area (Å²) in [4.78, 5) is 32.3. The molecule has 0 aromatic heterocycles. The van der Waals surface area contributed by atoms with Gasteiger partial charge in [-0.15, -0.1) is 4.91 Å². The molecule has 2 N–H and O–H groups in total. The average molecular weight is 316 g/mol. The molecule has 0 unspecified atom stereocenters. The number of aryl methyl sites for hydroxylation is 1. The lowest BCUT2D eigenvalue weighted by Gasteiger charge is -2.18. The van der Waals surface area contributed by atoms with E-state index in [1.54, 1.807) is 12.1 Å². The normalized spacial score (nSPS) is 13.0. The van der Waals surface area contributed by atoms with Crippen molar-refractivity contribution in [1.29, 1.82) is 0 Å². The number of phenols is 1. The summed E-state index contributed by atoms with van der Waals surface area (Å²) in [5.41, 5.74) is 3.39. The molecule has 6 heteroatoms. The van der Waals surface area contributed by atoms with E-state index in [0.29, 0.717) is 19.4 Å². The van der Waals surface area contributed by atoms with Crippen molar-refractivity contribution in [2.24, 2.45) is 5.18 Å². The van der Waals surface area contributed by atoms with E-state index in [-0.39, 0.29) is 24.5 Å². The van der Waals surface area contributed by atoms with Gasteiger partial charge >= 0.3 is 0 Å². The number of allylic oxidation sites excluding steroid dienone is 1. The zero-order valence-electron chi connectivity index (χ0n) is 12.9. The third-order valence-corrected chi connectivity index (χ3v) is 3.86. The van der Waals surface area contributed by atoms with E-state index in [2.05, 4.69) is 16.6 Å². The summed E-state index contributed by atoms with van der Waals surface area (Å²) in [6.07, 6.45) is 5.30. The highest BCUT2D eigenvalue weighted by molar-refractivity contribution is 5.79. The maximum atomic E-state index is 11.7. The van der Waals surface area contributed by atoms with Crippen LogP contribution < -0.4 is 5.32 Å². The van der Waals surface area contributed by atoms with E-state index < -0.39 is 5.91 Å². The van der Waals surface area contributed by atoms with Crippen LogP contribution >= 0.6 is 0 Å². The first-order valence-electron chi connectivity index (χ1n) is 7.74. The Labute approximate surface area is 134 Å². The zero-order valence-corrected chi connectivity index (χ0v) is 12.9. The van der Waals surface area contributed by atoms with Crippen molar-refractivity contribution in [2.45, 2.75) is 38.5 Å². The minimum Gasteiger partial charge on any atom is -0.508 e. The zero-order chi connectivity index (χ0) is 16.7. The summed E-state index contributed by atoms with van der Waals surface area (Å²) in [6.45, 7) is 0.500. The number of carbonyl (C=O) groups is 2. The number of nitroso groups, excluding NO2 is 1. The minimum atomic E-state index is -0.721. The number of aromatic hydroxyl groups is 1. The second-order valence-corrected chi connectivity index (χ2v) is 5.55. The molecule has 23 heavy (non-hydrogen) atoms. The van der Waals surface area contributed by atoms with Crippen LogP contribution in [0.2, 0.25) is 0 Å². The van der Waals surface area contributed by atoms with Crippen molar-refractivity contribution in [2.75, 3.05) is 6.54 Å². The van der Waals surface area contributed by atoms with Crippen LogP contribution in [0.15, 0.2) is 29.5 Å². The molecular weight excluding hydrogens is 296 g/mol. The Bertz CT molecular complexity index is 637. The Morgan fingerprint density at radius 1 is 1.26 bits per heavy atom. The van der Waals surface area contributed by atoms with Gasteiger partial charge in [0.1, 0.15) is 5.75 Å². The van der Waals surface area contributed by atoms with Crippen molar-refractivity contribution >= 4 is 17.4 Å². The van der Waals surface area contributed by atoms with Crippen LogP contribution in [0.25, 0.3) is 5.57 Å². The monoisotopic (exact) mass is 316 g/mol. The number of fused-ring (bicyclic) bond motifs is 1. The molecule has 0 saturated carbocycles. The Kier molecular flexibility index (Phi) is 6.02. The van der Waals surface area contributed by atoms with Crippen LogP contribution in [0, 0.1) is 4.91 Å². The molecule has 122 valence electrons. The lowest BCUT2D eigenvalue weighted by molar-refractivity contribution is -0.121. The predicted octanol–water partition coefficient (Wildman–Crippen LogP) is 2.69. The first-order valence-corrected chi connectivity index (χ1v) is 7.74. The molecule has 0 fully saturated rings. The van der Waals surface area contributed by atoms with E-state index in [4.69, 9.17) is 0 Å². The average Bonchev–Trinajstić information content (AvgIpc) is 2.55. The standard InChI is InChI=1S/C17H20N2O4/c20-14-8-7-12-3-1-4-13(15(12)11-14)9-10-18-16(21)5-2-6-17(22)19-23/h4,7-8,11,20H,1-3,5-6,9-10H2,(H,18,21). The summed E-state index contributed by atoms with van der Waals surface area (Å²) in [6, 6.07) is 5.40. The molecule has 2 rings (SSSR count). The van der Waals surface area contributed by atoms with E-state index >= 15 is 0 Å². The highest BCUT2D eigenvalue weighted by Gasteiger charge is 2.13. The molecule has 1 aliphatic rings. The number of nitrogens with one attached hydrogen (secondary N) is 1. The van der Waals surface area contributed by atoms with Crippen molar-refractivity contribution in [3.8, 4) is 5.75 Å². The van der Waals surface area contributed by atoms with Gasteiger partial charge in [0, 0.05) is 24.6 Å². The molecule has 2 amide bonds. The van der Waals surface area contributed by atoms with Crippen LogP contribution in [-0.4, -0.2) is 23.5 Å². The van der Waals surface area contributed by atoms with E-state index in [1.165, 1.54) is 5.56 Å². The number of rotatable bonds is 7. The number of hydrogen-bond donors (Lipinski definition) is 2. The van der Waals surface area contributed by atoms with Crippen LogP contribution in [-0.2, 0) is 16.0 Å². The van der Waals surface area contributed by atoms with Gasteiger partial charge < -0.3 is 10.4 Å². The fourth-order valence-corrected chi connectivity index (χ4v) is 2.70. The first kappa shape index (κ1) is 16.9. The predicted molar refractivity (Wildman–Crippen MR) is 86.7 cm³/mol. The lowest BCUT2D eigenvalue weighted by Crippen LogP contribution is -2.24. The summed E-state index contributed by atoms with van der Waals surface area (Å²) in [5, 5.41) is 14.7. The van der Waals surface area contributed by atoms with Gasteiger partial charge in [0.05, 0.1) is 0 Å². The van der Waals surface area contributed by atoms with Gasteiger partial charge in [0.25, 0.3) is 5.91 Å². The molecule has 0 saturated heterocycles. The number of phenolic OH excluding ortho intramolecular Hbond substituents is 1. The molecule has 0 heterocycles. The SMILES string of the molecule is O=NC(=O)CCCC(=O)NCCC1=CCCc2ccc(O)cc21. The smallest absolute Gasteiger partial charge is 0.286 e. The van der Waals surface area contributed by atoms with Gasteiger partial charge in [-0.05, 0) is 54.5 Å². The number of amides is 2. The number of carbonyl (C=O) groups excluding carboxylic acids is 2. The highest BCUT2D eigenvalue weighted by Crippen LogP contribution is 2.31. The van der Waals surface area contributed by atoms with Crippen molar-refractivity contribution in [1.82, 2.24) is 5.32 Å². The molecular formula is C17H20N2O4. The van der Waals surface area contributed by atoms with Gasteiger partial charge in [-0.3, -0.25) is 9.59 Å². The third-order valence-electron chi connectivity index (χ3n) is 3.86. The van der Waals surface area contributed by atoms with Crippen LogP contribution in [0.1, 0.15) is 43.2 Å². The molecule has 1 aromatic rings. The number of hydrogen-bond acceptors (Lipinski definition) is 4.